The van der Waals surface area contributed by atoms with Crippen molar-refractivity contribution in [2.45, 2.75) is 98.8 Å². The van der Waals surface area contributed by atoms with E-state index in [2.05, 4.69) is 236 Å². The minimum absolute atomic E-state index is 0. The van der Waals surface area contributed by atoms with Crippen molar-refractivity contribution in [2.75, 3.05) is 14.2 Å². The topological polar surface area (TPSA) is 187 Å². The number of aromatic nitrogens is 5. The third-order valence-corrected chi connectivity index (χ3v) is 20.3. The molecule has 0 spiro atoms. The number of alkyl halides is 3. The Morgan fingerprint density at radius 2 is 0.907 bits per heavy atom. The van der Waals surface area contributed by atoms with Gasteiger partial charge in [-0.2, -0.15) is 21.6 Å². The van der Waals surface area contributed by atoms with Gasteiger partial charge in [-0.3, -0.25) is 9.54 Å². The quantitative estimate of drug-likeness (QED) is 0.0487. The Balaban J connectivity index is 0.000000158. The number of hydrogen-bond donors (Lipinski definition) is 3. The Hall–Kier alpha value is -9.64. The molecule has 0 bridgehead atoms. The predicted molar refractivity (Wildman–Crippen MR) is 432 cm³/mol. The van der Waals surface area contributed by atoms with E-state index in [1.807, 2.05) is 85.2 Å². The van der Waals surface area contributed by atoms with Crippen LogP contribution in [0.2, 0.25) is 0 Å². The van der Waals surface area contributed by atoms with Crippen LogP contribution in [0.3, 0.4) is 0 Å². The van der Waals surface area contributed by atoms with Gasteiger partial charge in [0.15, 0.2) is 0 Å². The van der Waals surface area contributed by atoms with Crippen molar-refractivity contribution in [3.63, 3.8) is 0 Å². The molecule has 0 unspecified atom stereocenters. The van der Waals surface area contributed by atoms with Crippen LogP contribution in [0.4, 0.5) is 13.2 Å². The first-order chi connectivity index (χ1) is 50.0. The van der Waals surface area contributed by atoms with Gasteiger partial charge in [-0.15, -0.1) is 35.9 Å². The van der Waals surface area contributed by atoms with Crippen LogP contribution in [0.1, 0.15) is 93.2 Å². The van der Waals surface area contributed by atoms with Gasteiger partial charge in [-0.05, 0) is 139 Å². The number of halogens is 4. The molecule has 107 heavy (non-hydrogen) atoms. The van der Waals surface area contributed by atoms with Crippen LogP contribution in [-0.4, -0.2) is 85.0 Å². The molecule has 1 aliphatic rings. The maximum atomic E-state index is 10.7. The first kappa shape index (κ1) is 79.9. The fourth-order valence-corrected chi connectivity index (χ4v) is 14.1. The molecule has 0 saturated carbocycles. The molecule has 1 radical (unpaired) electrons. The first-order valence-electron chi connectivity index (χ1n) is 33.7. The number of nitrogens with zero attached hydrogens (tertiary/aromatic N) is 5. The van der Waals surface area contributed by atoms with Crippen molar-refractivity contribution >= 4 is 159 Å². The zero-order chi connectivity index (χ0) is 73.7. The van der Waals surface area contributed by atoms with Crippen LogP contribution in [0.25, 0.3) is 143 Å². The van der Waals surface area contributed by atoms with E-state index in [-0.39, 0.29) is 35.0 Å². The second-order valence-corrected chi connectivity index (χ2v) is 28.8. The monoisotopic (exact) mass is 1700 g/mol. The van der Waals surface area contributed by atoms with E-state index >= 15 is 0 Å². The van der Waals surface area contributed by atoms with Gasteiger partial charge in [0.1, 0.15) is 26.9 Å². The third kappa shape index (κ3) is 14.6. The molecule has 18 aromatic rings. The summed E-state index contributed by atoms with van der Waals surface area (Å²) < 4.78 is 89.5. The molecular weight excluding hydrogens is 1620 g/mol. The Morgan fingerprint density at radius 3 is 1.37 bits per heavy atom. The summed E-state index contributed by atoms with van der Waals surface area (Å²) in [5, 5.41) is 28.6. The van der Waals surface area contributed by atoms with Crippen molar-refractivity contribution in [1.82, 2.24) is 23.8 Å². The van der Waals surface area contributed by atoms with Crippen molar-refractivity contribution < 1.29 is 74.6 Å². The van der Waals surface area contributed by atoms with Crippen molar-refractivity contribution in [1.29, 1.82) is 0 Å². The van der Waals surface area contributed by atoms with Gasteiger partial charge >= 0.3 is 22.7 Å². The van der Waals surface area contributed by atoms with E-state index in [0.717, 1.165) is 90.7 Å². The van der Waals surface area contributed by atoms with Crippen LogP contribution in [-0.2, 0) is 39.5 Å². The summed E-state index contributed by atoms with van der Waals surface area (Å²) in [5.74, 6) is 1.01. The average Bonchev–Trinajstić information content (AvgIpc) is 1.53. The normalized spacial score (nSPS) is 13.2. The zero-order valence-electron chi connectivity index (χ0n) is 59.0. The smallest absolute Gasteiger partial charge is 0.456 e. The Labute approximate surface area is 640 Å². The van der Waals surface area contributed by atoms with Gasteiger partial charge in [0.2, 0.25) is 0 Å². The van der Waals surface area contributed by atoms with E-state index in [4.69, 9.17) is 46.3 Å². The van der Waals surface area contributed by atoms with Crippen molar-refractivity contribution in [3.05, 3.63) is 253 Å². The summed E-state index contributed by atoms with van der Waals surface area (Å²) >= 11 is 3.32. The van der Waals surface area contributed by atoms with Gasteiger partial charge in [0.05, 0.1) is 60.8 Å². The van der Waals surface area contributed by atoms with E-state index < -0.39 is 33.9 Å². The molecule has 0 amide bonds. The maximum Gasteiger partial charge on any atom is 0.522 e. The fraction of sp³-hybridized carbons (Fsp3) is 0.198. The summed E-state index contributed by atoms with van der Waals surface area (Å²) in [5.41, 5.74) is 12.0. The van der Waals surface area contributed by atoms with Gasteiger partial charge in [-0.25, -0.2) is 4.98 Å². The summed E-state index contributed by atoms with van der Waals surface area (Å²) in [7, 11) is -4.35. The molecule has 19 rings (SSSR count). The van der Waals surface area contributed by atoms with Crippen LogP contribution >= 0.6 is 15.9 Å². The van der Waals surface area contributed by atoms with Crippen LogP contribution in [0, 0.1) is 6.07 Å². The van der Waals surface area contributed by atoms with Crippen LogP contribution in [0.5, 0.6) is 0 Å². The standard InChI is InChI=1S/C32H22N2O.C30H24BNO3.C11H8N.C8H10BrN.CHF3O3S.2CH4O.2CH4.Ir/c1-18(2)19-14-15-33-26(16-19)25-17-24-22-11-7-10-21-20-8-3-5-12-27(20)34(30(21)22)31(24)29-23-9-4-6-13-28(23)35-32(25)29;1-29(2)30(3,4)35-31(34-29)22-16-21-19-13-9-12-18-17-10-5-7-14-23(17)32(26(18)19)27(21)25-20-11-6-8-15-24(20)33-28(22)25;1-2-6-10(7-3-1)11-8-4-5-9-12-11;1-6(2)7-3-4-10-8(9)5-7;2-1(3,4)8(5,6)7;2*1-2;;;/h3-18H,1-2H3;5-16H,1-4H3;1-6,8-9H;3-6H,1-2H3;(H,5,6,7);2*2H,1H3;2*1H4;/q;;-1;;;;;;;. The number of furan rings is 2. The average molecular weight is 1700 g/mol. The molecule has 1 saturated heterocycles. The number of para-hydroxylation sites is 6. The largest absolute Gasteiger partial charge is 0.522 e. The molecule has 0 aliphatic carbocycles. The van der Waals surface area contributed by atoms with Crippen molar-refractivity contribution in [3.8, 4) is 22.5 Å². The van der Waals surface area contributed by atoms with E-state index in [0.29, 0.717) is 11.8 Å². The number of aliphatic hydroxyl groups is 2. The third-order valence-electron chi connectivity index (χ3n) is 19.3. The molecule has 551 valence electrons. The van der Waals surface area contributed by atoms with Gasteiger partial charge in [0, 0.05) is 118 Å². The molecule has 1 fully saturated rings. The Morgan fingerprint density at radius 1 is 0.486 bits per heavy atom. The molecule has 0 atom stereocenters. The van der Waals surface area contributed by atoms with E-state index in [1.54, 1.807) is 6.20 Å². The number of benzene rings is 9. The fourth-order valence-electron chi connectivity index (χ4n) is 13.7. The molecule has 9 aromatic carbocycles. The molecular formula is C86H81BBrF3IrN5O9S-. The number of pyridine rings is 3. The first-order valence-corrected chi connectivity index (χ1v) is 36.0. The SMILES string of the molecule is C.C.CC(C)c1ccnc(-c2cc3c4cccc5c6ccccc6n(c54)c3c3c2oc2ccccc23)c1.CC(C)c1ccnc(Br)c1.CC1(C)OB(c2cc3c4cccc5c6ccccc6n(c54)c3c3c2oc2ccccc23)OC1(C)C.CO.CO.O=S(=O)(O)C(F)(F)F.[Ir].[c-]1ccccc1-c1ccccn1. The van der Waals surface area contributed by atoms with Crippen molar-refractivity contribution in [2.24, 2.45) is 0 Å². The summed E-state index contributed by atoms with van der Waals surface area (Å²) in [4.78, 5) is 13.1. The second kappa shape index (κ2) is 32.0. The Kier molecular flexibility index (Phi) is 23.9. The minimum Gasteiger partial charge on any atom is -0.456 e. The number of aliphatic hydroxyl groups excluding tert-OH is 2. The van der Waals surface area contributed by atoms with E-state index in [9.17, 15) is 13.2 Å². The van der Waals surface area contributed by atoms with Gasteiger partial charge < -0.3 is 42.1 Å². The number of rotatable bonds is 5. The minimum atomic E-state index is -5.84. The van der Waals surface area contributed by atoms with Gasteiger partial charge in [-0.1, -0.05) is 164 Å². The van der Waals surface area contributed by atoms with Crippen LogP contribution in [0.15, 0.2) is 244 Å². The molecule has 14 nitrogen and oxygen atoms in total. The second-order valence-electron chi connectivity index (χ2n) is 26.6. The van der Waals surface area contributed by atoms with Crippen LogP contribution < -0.4 is 5.46 Å². The number of fused-ring (bicyclic) bond motifs is 20. The summed E-state index contributed by atoms with van der Waals surface area (Å²) in [6.45, 7) is 17.1. The zero-order valence-corrected chi connectivity index (χ0v) is 63.7. The predicted octanol–water partition coefficient (Wildman–Crippen LogP) is 22.4. The Bertz CT molecular complexity index is 6210. The number of hydrogen-bond acceptors (Lipinski definition) is 11. The molecule has 21 heteroatoms. The maximum absolute atomic E-state index is 10.7. The molecule has 9 aromatic heterocycles. The van der Waals surface area contributed by atoms with Gasteiger partial charge in [0.25, 0.3) is 0 Å². The summed E-state index contributed by atoms with van der Waals surface area (Å²) in [6.07, 6.45) is 5.53. The summed E-state index contributed by atoms with van der Waals surface area (Å²) in [6, 6.07) is 77.1. The van der Waals surface area contributed by atoms with E-state index in [1.165, 1.54) is 87.3 Å². The molecule has 1 aliphatic heterocycles. The molecule has 3 N–H and O–H groups in total. The molecule has 10 heterocycles.